The van der Waals surface area contributed by atoms with Crippen molar-refractivity contribution < 1.29 is 9.53 Å². The maximum Gasteiger partial charge on any atom is 0.414 e. The van der Waals surface area contributed by atoms with Crippen LogP contribution in [-0.2, 0) is 11.3 Å². The monoisotopic (exact) mass is 322 g/mol. The number of carbonyl (C=O) groups excluding carboxylic acids is 1. The fourth-order valence-corrected chi connectivity index (χ4v) is 3.67. The van der Waals surface area contributed by atoms with Gasteiger partial charge in [0.15, 0.2) is 0 Å². The zero-order valence-electron chi connectivity index (χ0n) is 13.6. The molecular formula is C20H22N2O2. The van der Waals surface area contributed by atoms with Crippen LogP contribution in [-0.4, -0.2) is 25.8 Å². The molecule has 4 heteroatoms. The molecule has 1 aliphatic heterocycles. The van der Waals surface area contributed by atoms with Gasteiger partial charge in [0, 0.05) is 11.6 Å². The Morgan fingerprint density at radius 1 is 1.00 bits per heavy atom. The predicted octanol–water partition coefficient (Wildman–Crippen LogP) is 3.30. The summed E-state index contributed by atoms with van der Waals surface area (Å²) in [6.07, 6.45) is -0.261. The molecule has 2 aliphatic rings. The van der Waals surface area contributed by atoms with Crippen LogP contribution in [0.15, 0.2) is 60.7 Å². The Morgan fingerprint density at radius 3 is 2.29 bits per heavy atom. The highest BCUT2D eigenvalue weighted by Crippen LogP contribution is 2.48. The number of ether oxygens (including phenoxy) is 1. The quantitative estimate of drug-likeness (QED) is 0.918. The van der Waals surface area contributed by atoms with Crippen molar-refractivity contribution in [2.75, 3.05) is 24.6 Å². The lowest BCUT2D eigenvalue weighted by Crippen LogP contribution is -2.32. The van der Waals surface area contributed by atoms with Crippen molar-refractivity contribution in [1.29, 1.82) is 0 Å². The first-order chi connectivity index (χ1) is 11.8. The van der Waals surface area contributed by atoms with Gasteiger partial charge in [0.1, 0.15) is 0 Å². The van der Waals surface area contributed by atoms with Gasteiger partial charge in [0.25, 0.3) is 0 Å². The normalized spacial score (nSPS) is 24.2. The number of hydrogen-bond donors (Lipinski definition) is 1. The fraction of sp³-hybridized carbons (Fsp3) is 0.350. The van der Waals surface area contributed by atoms with Crippen LogP contribution in [0.3, 0.4) is 0 Å². The Morgan fingerprint density at radius 2 is 1.62 bits per heavy atom. The molecule has 2 aromatic carbocycles. The first kappa shape index (κ1) is 15.2. The lowest BCUT2D eigenvalue weighted by atomic mass is 10.2. The third-order valence-electron chi connectivity index (χ3n) is 5.14. The molecule has 0 spiro atoms. The minimum Gasteiger partial charge on any atom is -0.449 e. The van der Waals surface area contributed by atoms with Gasteiger partial charge in [-0.3, -0.25) is 4.90 Å². The molecular weight excluding hydrogens is 300 g/mol. The Hall–Kier alpha value is -2.33. The minimum atomic E-state index is -0.261. The molecule has 2 fully saturated rings. The molecule has 0 aromatic heterocycles. The summed E-state index contributed by atoms with van der Waals surface area (Å²) in [4.78, 5) is 14.4. The Bertz CT molecular complexity index is 679. The molecule has 4 rings (SSSR count). The van der Waals surface area contributed by atoms with Crippen molar-refractivity contribution in [2.24, 2.45) is 17.8 Å². The highest BCUT2D eigenvalue weighted by molar-refractivity contribution is 5.87. The Labute approximate surface area is 142 Å². The molecule has 0 bridgehead atoms. The maximum absolute atomic E-state index is 12.7. The number of nitrogens with zero attached hydrogens (tertiary/aromatic N) is 1. The number of nitrogens with one attached hydrogen (secondary N) is 1. The number of amides is 1. The predicted molar refractivity (Wildman–Crippen MR) is 93.8 cm³/mol. The summed E-state index contributed by atoms with van der Waals surface area (Å²) in [7, 11) is 0. The first-order valence-corrected chi connectivity index (χ1v) is 8.57. The van der Waals surface area contributed by atoms with E-state index in [0.717, 1.165) is 24.3 Å². The van der Waals surface area contributed by atoms with Gasteiger partial charge in [0.05, 0.1) is 13.2 Å². The van der Waals surface area contributed by atoms with Crippen molar-refractivity contribution in [3.8, 4) is 0 Å². The van der Waals surface area contributed by atoms with E-state index in [-0.39, 0.29) is 6.09 Å². The largest absolute Gasteiger partial charge is 0.449 e. The van der Waals surface area contributed by atoms with Crippen LogP contribution < -0.4 is 10.2 Å². The lowest BCUT2D eigenvalue weighted by Gasteiger charge is -2.22. The standard InChI is InChI=1S/C20H22N2O2/c23-20(24-14-19-17-11-21-12-18(17)19)22(16-9-5-2-6-10-16)13-15-7-3-1-4-8-15/h1-10,17-19,21H,11-14H2. The van der Waals surface area contributed by atoms with Gasteiger partial charge in [-0.05, 0) is 42.6 Å². The van der Waals surface area contributed by atoms with Crippen molar-refractivity contribution in [2.45, 2.75) is 6.54 Å². The lowest BCUT2D eigenvalue weighted by molar-refractivity contribution is 0.143. The Balaban J connectivity index is 1.44. The summed E-state index contributed by atoms with van der Waals surface area (Å²) >= 11 is 0. The maximum atomic E-state index is 12.7. The van der Waals surface area contributed by atoms with Gasteiger partial charge in [-0.2, -0.15) is 0 Å². The second-order valence-corrected chi connectivity index (χ2v) is 6.63. The molecule has 1 aliphatic carbocycles. The van der Waals surface area contributed by atoms with E-state index in [0.29, 0.717) is 30.9 Å². The van der Waals surface area contributed by atoms with E-state index in [1.807, 2.05) is 60.7 Å². The number of para-hydroxylation sites is 1. The number of hydrogen-bond acceptors (Lipinski definition) is 3. The zero-order chi connectivity index (χ0) is 16.4. The van der Waals surface area contributed by atoms with Crippen LogP contribution in [0.4, 0.5) is 10.5 Å². The summed E-state index contributed by atoms with van der Waals surface area (Å²) in [6, 6.07) is 19.7. The summed E-state index contributed by atoms with van der Waals surface area (Å²) in [6.45, 7) is 3.19. The Kier molecular flexibility index (Phi) is 4.22. The number of benzene rings is 2. The van der Waals surface area contributed by atoms with E-state index < -0.39 is 0 Å². The van der Waals surface area contributed by atoms with Crippen LogP contribution in [0.1, 0.15) is 5.56 Å². The van der Waals surface area contributed by atoms with E-state index in [4.69, 9.17) is 4.74 Å². The van der Waals surface area contributed by atoms with Crippen LogP contribution in [0.5, 0.6) is 0 Å². The first-order valence-electron chi connectivity index (χ1n) is 8.57. The molecule has 1 saturated carbocycles. The van der Waals surface area contributed by atoms with E-state index in [9.17, 15) is 4.79 Å². The fourth-order valence-electron chi connectivity index (χ4n) is 3.67. The van der Waals surface area contributed by atoms with Gasteiger partial charge >= 0.3 is 6.09 Å². The van der Waals surface area contributed by atoms with Crippen molar-refractivity contribution in [1.82, 2.24) is 5.32 Å². The molecule has 2 atom stereocenters. The topological polar surface area (TPSA) is 41.6 Å². The van der Waals surface area contributed by atoms with Gasteiger partial charge in [-0.15, -0.1) is 0 Å². The van der Waals surface area contributed by atoms with E-state index in [1.165, 1.54) is 0 Å². The van der Waals surface area contributed by atoms with Crippen molar-refractivity contribution in [3.63, 3.8) is 0 Å². The molecule has 1 N–H and O–H groups in total. The SMILES string of the molecule is O=C(OCC1C2CNCC21)N(Cc1ccccc1)c1ccccc1. The molecule has 124 valence electrons. The third-order valence-corrected chi connectivity index (χ3v) is 5.14. The van der Waals surface area contributed by atoms with Gasteiger partial charge < -0.3 is 10.1 Å². The molecule has 4 nitrogen and oxygen atoms in total. The molecule has 0 radical (unpaired) electrons. The molecule has 24 heavy (non-hydrogen) atoms. The van der Waals surface area contributed by atoms with Gasteiger partial charge in [-0.1, -0.05) is 48.5 Å². The highest BCUT2D eigenvalue weighted by atomic mass is 16.6. The number of piperidine rings is 1. The van der Waals surface area contributed by atoms with Crippen LogP contribution in [0, 0.1) is 17.8 Å². The number of carbonyl (C=O) groups is 1. The molecule has 1 amide bonds. The molecule has 1 saturated heterocycles. The zero-order valence-corrected chi connectivity index (χ0v) is 13.6. The molecule has 2 aromatic rings. The van der Waals surface area contributed by atoms with Crippen molar-refractivity contribution in [3.05, 3.63) is 66.2 Å². The van der Waals surface area contributed by atoms with E-state index in [2.05, 4.69) is 5.32 Å². The molecule has 1 heterocycles. The van der Waals surface area contributed by atoms with E-state index in [1.54, 1.807) is 4.90 Å². The van der Waals surface area contributed by atoms with E-state index >= 15 is 0 Å². The number of rotatable bonds is 5. The second kappa shape index (κ2) is 6.65. The van der Waals surface area contributed by atoms with Gasteiger partial charge in [-0.25, -0.2) is 4.79 Å². The minimum absolute atomic E-state index is 0.261. The average molecular weight is 322 g/mol. The second-order valence-electron chi connectivity index (χ2n) is 6.63. The average Bonchev–Trinajstić information content (AvgIpc) is 3.06. The van der Waals surface area contributed by atoms with Gasteiger partial charge in [0.2, 0.25) is 0 Å². The molecule has 2 unspecified atom stereocenters. The summed E-state index contributed by atoms with van der Waals surface area (Å²) in [5, 5.41) is 3.37. The van der Waals surface area contributed by atoms with Crippen molar-refractivity contribution >= 4 is 11.8 Å². The summed E-state index contributed by atoms with van der Waals surface area (Å²) in [5.74, 6) is 1.96. The smallest absolute Gasteiger partial charge is 0.414 e. The summed E-state index contributed by atoms with van der Waals surface area (Å²) < 4.78 is 5.65. The third kappa shape index (κ3) is 3.15. The number of fused-ring (bicyclic) bond motifs is 1. The van der Waals surface area contributed by atoms with Crippen LogP contribution in [0.2, 0.25) is 0 Å². The number of anilines is 1. The summed E-state index contributed by atoms with van der Waals surface area (Å²) in [5.41, 5.74) is 1.95. The van der Waals surface area contributed by atoms with Crippen LogP contribution in [0.25, 0.3) is 0 Å². The van der Waals surface area contributed by atoms with Crippen LogP contribution >= 0.6 is 0 Å². The highest BCUT2D eigenvalue weighted by Gasteiger charge is 2.53.